The van der Waals surface area contributed by atoms with Gasteiger partial charge >= 0.3 is 0 Å². The van der Waals surface area contributed by atoms with E-state index < -0.39 is 0 Å². The quantitative estimate of drug-likeness (QED) is 0.181. The number of fused-ring (bicyclic) bond motifs is 9. The Morgan fingerprint density at radius 2 is 0.807 bits per heavy atom. The maximum atomic E-state index is 10.7. The normalized spacial score (nSPS) is 11.5. The summed E-state index contributed by atoms with van der Waals surface area (Å²) < 4.78 is 6.86. The van der Waals surface area contributed by atoms with Gasteiger partial charge in [-0.1, -0.05) is 91.0 Å². The second kappa shape index (κ2) is 12.3. The largest absolute Gasteiger partial charge is 0.309 e. The van der Waals surface area contributed by atoms with Gasteiger partial charge in [0.25, 0.3) is 0 Å². The maximum absolute atomic E-state index is 10.7. The first-order valence-corrected chi connectivity index (χ1v) is 18.7. The van der Waals surface area contributed by atoms with E-state index in [-0.39, 0.29) is 0 Å². The summed E-state index contributed by atoms with van der Waals surface area (Å²) in [7, 11) is 0. The first kappa shape index (κ1) is 32.1. The minimum atomic E-state index is 0.505. The third-order valence-electron chi connectivity index (χ3n) is 11.3. The van der Waals surface area contributed by atoms with Crippen LogP contribution in [-0.2, 0) is 0 Å². The fraction of sp³-hybridized carbons (Fsp3) is 0. The molecular formula is C51H28N6. The molecule has 0 saturated carbocycles. The molecule has 6 heteroatoms. The van der Waals surface area contributed by atoms with E-state index >= 15 is 0 Å². The maximum Gasteiger partial charge on any atom is 0.101 e. The summed E-state index contributed by atoms with van der Waals surface area (Å²) in [6, 6.07) is 64.9. The van der Waals surface area contributed by atoms with Crippen molar-refractivity contribution in [3.8, 4) is 46.4 Å². The Morgan fingerprint density at radius 3 is 1.44 bits per heavy atom. The van der Waals surface area contributed by atoms with Gasteiger partial charge in [-0.2, -0.15) is 15.8 Å². The molecule has 0 atom stereocenters. The molecule has 0 N–H and O–H groups in total. The van der Waals surface area contributed by atoms with Crippen LogP contribution in [0.1, 0.15) is 16.7 Å². The number of rotatable bonds is 4. The average molecular weight is 725 g/mol. The Balaban J connectivity index is 1.23. The predicted molar refractivity (Wildman–Crippen MR) is 229 cm³/mol. The first-order valence-electron chi connectivity index (χ1n) is 18.7. The lowest BCUT2D eigenvalue weighted by atomic mass is 9.98. The number of nitriles is 3. The molecule has 3 heterocycles. The van der Waals surface area contributed by atoms with Crippen LogP contribution in [0.2, 0.25) is 0 Å². The van der Waals surface area contributed by atoms with Crippen molar-refractivity contribution in [3.05, 3.63) is 187 Å². The summed E-state index contributed by atoms with van der Waals surface area (Å²) in [5, 5.41) is 36.8. The molecule has 0 aliphatic carbocycles. The lowest BCUT2D eigenvalue weighted by Gasteiger charge is -2.19. The van der Waals surface area contributed by atoms with Crippen molar-refractivity contribution in [1.29, 1.82) is 15.8 Å². The van der Waals surface area contributed by atoms with Crippen molar-refractivity contribution in [1.82, 2.24) is 13.7 Å². The SMILES string of the molecule is N#Cc1ccc2c(c1)c1cc(C#N)ccc1n2-c1c(C#N)cccc1-c1ccccc1-n1c2ccccc2c2c(-n3c4ccccc4c4ccccc43)cccc21. The predicted octanol–water partition coefficient (Wildman–Crippen LogP) is 12.3. The Bertz CT molecular complexity index is 3500. The smallest absolute Gasteiger partial charge is 0.101 e. The Hall–Kier alpha value is -8.37. The highest BCUT2D eigenvalue weighted by Gasteiger charge is 2.24. The molecule has 0 radical (unpaired) electrons. The van der Waals surface area contributed by atoms with Gasteiger partial charge in [0.05, 0.1) is 79.0 Å². The molecular weight excluding hydrogens is 697 g/mol. The summed E-state index contributed by atoms with van der Waals surface area (Å²) in [6.07, 6.45) is 0. The van der Waals surface area contributed by atoms with Crippen LogP contribution in [0.3, 0.4) is 0 Å². The van der Waals surface area contributed by atoms with Crippen LogP contribution in [0.25, 0.3) is 93.6 Å². The molecule has 11 rings (SSSR count). The van der Waals surface area contributed by atoms with Crippen molar-refractivity contribution >= 4 is 65.4 Å². The van der Waals surface area contributed by atoms with E-state index in [4.69, 9.17) is 0 Å². The van der Waals surface area contributed by atoms with Gasteiger partial charge in [-0.05, 0) is 78.9 Å². The Morgan fingerprint density at radius 1 is 0.333 bits per heavy atom. The number of hydrogen-bond donors (Lipinski definition) is 0. The molecule has 0 fully saturated rings. The monoisotopic (exact) mass is 724 g/mol. The van der Waals surface area contributed by atoms with Gasteiger partial charge < -0.3 is 13.7 Å². The topological polar surface area (TPSA) is 86.2 Å². The molecule has 0 bridgehead atoms. The lowest BCUT2D eigenvalue weighted by molar-refractivity contribution is 1.15. The van der Waals surface area contributed by atoms with E-state index in [1.54, 1.807) is 12.1 Å². The fourth-order valence-electron chi connectivity index (χ4n) is 9.02. The second-order valence-electron chi connectivity index (χ2n) is 14.2. The number of hydrogen-bond acceptors (Lipinski definition) is 3. The third-order valence-corrected chi connectivity index (χ3v) is 11.3. The molecule has 57 heavy (non-hydrogen) atoms. The minimum absolute atomic E-state index is 0.505. The van der Waals surface area contributed by atoms with Crippen LogP contribution < -0.4 is 0 Å². The zero-order valence-electron chi connectivity index (χ0n) is 30.3. The van der Waals surface area contributed by atoms with Gasteiger partial charge in [-0.25, -0.2) is 0 Å². The van der Waals surface area contributed by atoms with Crippen LogP contribution in [0.5, 0.6) is 0 Å². The third kappa shape index (κ3) is 4.55. The van der Waals surface area contributed by atoms with Crippen LogP contribution in [0.15, 0.2) is 170 Å². The molecule has 0 unspecified atom stereocenters. The van der Waals surface area contributed by atoms with Crippen molar-refractivity contribution in [2.75, 3.05) is 0 Å². The molecule has 3 aromatic heterocycles. The van der Waals surface area contributed by atoms with E-state index in [0.29, 0.717) is 16.7 Å². The number of benzene rings is 8. The van der Waals surface area contributed by atoms with Crippen LogP contribution >= 0.6 is 0 Å². The minimum Gasteiger partial charge on any atom is -0.309 e. The number of aromatic nitrogens is 3. The number of nitrogens with zero attached hydrogens (tertiary/aromatic N) is 6. The molecule has 8 aromatic carbocycles. The molecule has 11 aromatic rings. The molecule has 0 aliphatic rings. The van der Waals surface area contributed by atoms with Gasteiger partial charge in [0.1, 0.15) is 6.07 Å². The van der Waals surface area contributed by atoms with Gasteiger partial charge in [0.2, 0.25) is 0 Å². The van der Waals surface area contributed by atoms with E-state index in [9.17, 15) is 15.8 Å². The van der Waals surface area contributed by atoms with Crippen LogP contribution in [0, 0.1) is 34.0 Å². The van der Waals surface area contributed by atoms with E-state index in [0.717, 1.165) is 82.8 Å². The van der Waals surface area contributed by atoms with Gasteiger partial charge in [0.15, 0.2) is 0 Å². The molecule has 0 saturated heterocycles. The molecule has 0 amide bonds. The summed E-state index contributed by atoms with van der Waals surface area (Å²) >= 11 is 0. The highest BCUT2D eigenvalue weighted by Crippen LogP contribution is 2.44. The summed E-state index contributed by atoms with van der Waals surface area (Å²) in [5.74, 6) is 0. The second-order valence-corrected chi connectivity index (χ2v) is 14.2. The number of para-hydroxylation sites is 5. The lowest BCUT2D eigenvalue weighted by Crippen LogP contribution is -2.03. The van der Waals surface area contributed by atoms with Crippen molar-refractivity contribution in [2.24, 2.45) is 0 Å². The van der Waals surface area contributed by atoms with E-state index in [1.165, 1.54) is 10.8 Å². The first-order chi connectivity index (χ1) is 28.2. The van der Waals surface area contributed by atoms with E-state index in [1.807, 2.05) is 42.5 Å². The molecule has 0 aliphatic heterocycles. The van der Waals surface area contributed by atoms with Crippen LogP contribution in [0.4, 0.5) is 0 Å². The fourth-order valence-corrected chi connectivity index (χ4v) is 9.02. The standard InChI is InChI=1S/C51H28N6/c52-29-32-23-25-46-40(27-32)41-28-33(30-53)24-26-47(41)57(46)51-34(31-54)11-9-16-38(51)37-14-3-7-19-44(37)56-45-20-8-4-15-39(45)50-48(21-10-22-49(50)56)55-42-17-5-1-12-35(42)36-13-2-6-18-43(36)55/h1-28H. The zero-order valence-corrected chi connectivity index (χ0v) is 30.3. The van der Waals surface area contributed by atoms with Crippen LogP contribution in [-0.4, -0.2) is 13.7 Å². The summed E-state index contributed by atoms with van der Waals surface area (Å²) in [4.78, 5) is 0. The molecule has 262 valence electrons. The Kier molecular flexibility index (Phi) is 6.95. The van der Waals surface area contributed by atoms with Gasteiger partial charge in [0, 0.05) is 43.4 Å². The van der Waals surface area contributed by atoms with Crippen molar-refractivity contribution in [2.45, 2.75) is 0 Å². The summed E-state index contributed by atoms with van der Waals surface area (Å²) in [5.41, 5.74) is 12.3. The average Bonchev–Trinajstić information content (AvgIpc) is 3.91. The highest BCUT2D eigenvalue weighted by molar-refractivity contribution is 6.17. The van der Waals surface area contributed by atoms with Crippen molar-refractivity contribution in [3.63, 3.8) is 0 Å². The van der Waals surface area contributed by atoms with E-state index in [2.05, 4.69) is 147 Å². The Labute approximate surface area is 326 Å². The summed E-state index contributed by atoms with van der Waals surface area (Å²) in [6.45, 7) is 0. The molecule has 0 spiro atoms. The van der Waals surface area contributed by atoms with Gasteiger partial charge in [-0.3, -0.25) is 0 Å². The van der Waals surface area contributed by atoms with Gasteiger partial charge in [-0.15, -0.1) is 0 Å². The zero-order chi connectivity index (χ0) is 38.2. The van der Waals surface area contributed by atoms with Crippen molar-refractivity contribution < 1.29 is 0 Å². The molecule has 6 nitrogen and oxygen atoms in total. The highest BCUT2D eigenvalue weighted by atomic mass is 15.0.